The highest BCUT2D eigenvalue weighted by Crippen LogP contribution is 2.44. The highest BCUT2D eigenvalue weighted by Gasteiger charge is 2.35. The first-order valence-corrected chi connectivity index (χ1v) is 19.0. The van der Waals surface area contributed by atoms with Crippen molar-refractivity contribution in [2.75, 3.05) is 67.5 Å². The van der Waals surface area contributed by atoms with Gasteiger partial charge in [0.2, 0.25) is 11.8 Å². The molecule has 0 aliphatic heterocycles. The molecular formula is C42H48N2O12S. The van der Waals surface area contributed by atoms with Crippen molar-refractivity contribution in [1.82, 2.24) is 0 Å². The normalized spacial score (nSPS) is 12.4. The quantitative estimate of drug-likeness (QED) is 0.103. The van der Waals surface area contributed by atoms with Gasteiger partial charge in [-0.25, -0.2) is 8.42 Å². The molecule has 0 heterocycles. The maximum absolute atomic E-state index is 15.6. The zero-order valence-electron chi connectivity index (χ0n) is 33.5. The van der Waals surface area contributed by atoms with Gasteiger partial charge in [-0.2, -0.15) is 0 Å². The van der Waals surface area contributed by atoms with E-state index in [9.17, 15) is 9.59 Å². The number of ether oxygens (including phenoxy) is 8. The molecule has 4 aromatic carbocycles. The molecule has 0 saturated carbocycles. The first kappa shape index (κ1) is 43.4. The summed E-state index contributed by atoms with van der Waals surface area (Å²) in [4.78, 5) is 24.5. The van der Waals surface area contributed by atoms with Crippen LogP contribution in [-0.2, 0) is 19.4 Å². The monoisotopic (exact) mass is 804 g/mol. The molecule has 0 bridgehead atoms. The average molecular weight is 805 g/mol. The number of nitrogens with one attached hydrogen (secondary N) is 2. The number of amides is 2. The Morgan fingerprint density at radius 1 is 0.491 bits per heavy atom. The lowest BCUT2D eigenvalue weighted by atomic mass is 10.1. The Morgan fingerprint density at radius 3 is 1.07 bits per heavy atom. The number of hydrogen-bond donors (Lipinski definition) is 2. The predicted octanol–water partition coefficient (Wildman–Crippen LogP) is 7.30. The minimum atomic E-state index is -4.44. The van der Waals surface area contributed by atoms with Crippen LogP contribution in [0.1, 0.15) is 46.6 Å². The number of benzene rings is 4. The van der Waals surface area contributed by atoms with E-state index in [1.807, 2.05) is 0 Å². The Kier molecular flexibility index (Phi) is 14.8. The number of anilines is 2. The van der Waals surface area contributed by atoms with E-state index in [4.69, 9.17) is 37.9 Å². The third-order valence-electron chi connectivity index (χ3n) is 8.82. The number of rotatable bonds is 18. The minimum Gasteiger partial charge on any atom is -0.496 e. The van der Waals surface area contributed by atoms with Gasteiger partial charge in [-0.05, 0) is 47.5 Å². The number of methoxy groups -OCH3 is 8. The van der Waals surface area contributed by atoms with Crippen LogP contribution in [0.3, 0.4) is 0 Å². The maximum Gasteiger partial charge on any atom is 0.221 e. The molecule has 2 amide bonds. The van der Waals surface area contributed by atoms with Crippen LogP contribution in [0, 0.1) is 0 Å². The molecule has 0 aliphatic rings. The van der Waals surface area contributed by atoms with Crippen molar-refractivity contribution in [3.63, 3.8) is 0 Å². The van der Waals surface area contributed by atoms with E-state index in [2.05, 4.69) is 10.6 Å². The molecule has 15 heteroatoms. The van der Waals surface area contributed by atoms with E-state index in [1.54, 1.807) is 72.8 Å². The zero-order chi connectivity index (χ0) is 41.9. The number of sulfone groups is 1. The first-order chi connectivity index (χ1) is 27.3. The van der Waals surface area contributed by atoms with Gasteiger partial charge in [0.1, 0.15) is 56.5 Å². The Bertz CT molecular complexity index is 2050. The van der Waals surface area contributed by atoms with E-state index in [0.29, 0.717) is 57.1 Å². The van der Waals surface area contributed by atoms with Crippen molar-refractivity contribution < 1.29 is 55.9 Å². The molecule has 2 atom stereocenters. The fourth-order valence-electron chi connectivity index (χ4n) is 6.12. The van der Waals surface area contributed by atoms with Crippen molar-refractivity contribution in [2.45, 2.75) is 24.3 Å². The standard InChI is InChI=1S/C42H48N2O12S/c1-25(45)43-33-19-27(11-15-35(33)51-5)41(17-13-31-37(53-7)21-29(49-3)22-38(31)54-8)57(47,48)42(28-12-16-36(52-6)34(20-28)44-26(2)46)18-14-32-39(55-9)23-30(50-4)24-40(32)56-10/h11-24,41-42H,1-10H3,(H,43,45)(H,44,46)/b17-13+,18-14+. The van der Waals surface area contributed by atoms with Crippen LogP contribution in [0.5, 0.6) is 46.0 Å². The van der Waals surface area contributed by atoms with Crippen molar-refractivity contribution in [2.24, 2.45) is 0 Å². The topological polar surface area (TPSA) is 166 Å². The van der Waals surface area contributed by atoms with Gasteiger partial charge in [-0.15, -0.1) is 0 Å². The van der Waals surface area contributed by atoms with Crippen LogP contribution in [0.25, 0.3) is 12.2 Å². The summed E-state index contributed by atoms with van der Waals surface area (Å²) in [5.74, 6) is 2.22. The molecule has 57 heavy (non-hydrogen) atoms. The van der Waals surface area contributed by atoms with Crippen LogP contribution >= 0.6 is 0 Å². The maximum atomic E-state index is 15.6. The number of carbonyl (C=O) groups is 2. The Balaban J connectivity index is 2.09. The summed E-state index contributed by atoms with van der Waals surface area (Å²) < 4.78 is 75.6. The first-order valence-electron chi connectivity index (χ1n) is 17.4. The second-order valence-corrected chi connectivity index (χ2v) is 14.5. The van der Waals surface area contributed by atoms with Gasteiger partial charge in [0.05, 0.1) is 79.4 Å². The molecule has 0 fully saturated rings. The summed E-state index contributed by atoms with van der Waals surface area (Å²) >= 11 is 0. The molecule has 4 rings (SSSR count). The summed E-state index contributed by atoms with van der Waals surface area (Å²) in [5, 5.41) is 2.67. The summed E-state index contributed by atoms with van der Waals surface area (Å²) in [6.45, 7) is 2.67. The lowest BCUT2D eigenvalue weighted by Gasteiger charge is -2.24. The third-order valence-corrected chi connectivity index (χ3v) is 11.1. The fourth-order valence-corrected chi connectivity index (χ4v) is 8.08. The van der Waals surface area contributed by atoms with Gasteiger partial charge in [-0.3, -0.25) is 9.59 Å². The smallest absolute Gasteiger partial charge is 0.221 e. The zero-order valence-corrected chi connectivity index (χ0v) is 34.4. The molecule has 2 N–H and O–H groups in total. The SMILES string of the molecule is COc1cc(OC)c(/C=C/C(c2ccc(OC)c(NC(C)=O)c2)S(=O)(=O)C(/C=C/c2c(OC)cc(OC)cc2OC)c2ccc(OC)c(NC(C)=O)c2)c(OC)c1. The highest BCUT2D eigenvalue weighted by atomic mass is 32.2. The summed E-state index contributed by atoms with van der Waals surface area (Å²) in [5.41, 5.74) is 1.97. The predicted molar refractivity (Wildman–Crippen MR) is 219 cm³/mol. The van der Waals surface area contributed by atoms with E-state index in [-0.39, 0.29) is 34.3 Å². The van der Waals surface area contributed by atoms with Crippen LogP contribution in [0.15, 0.2) is 72.8 Å². The third kappa shape index (κ3) is 10.1. The van der Waals surface area contributed by atoms with E-state index >= 15 is 8.42 Å². The number of hydrogen-bond acceptors (Lipinski definition) is 12. The van der Waals surface area contributed by atoms with Gasteiger partial charge in [-0.1, -0.05) is 24.3 Å². The highest BCUT2D eigenvalue weighted by molar-refractivity contribution is 7.92. The minimum absolute atomic E-state index is 0.257. The van der Waals surface area contributed by atoms with Gasteiger partial charge in [0.15, 0.2) is 9.84 Å². The van der Waals surface area contributed by atoms with Crippen LogP contribution < -0.4 is 48.5 Å². The largest absolute Gasteiger partial charge is 0.496 e. The fraction of sp³-hybridized carbons (Fsp3) is 0.286. The molecule has 304 valence electrons. The van der Waals surface area contributed by atoms with E-state index < -0.39 is 20.3 Å². The van der Waals surface area contributed by atoms with Crippen LogP contribution in [-0.4, -0.2) is 77.1 Å². The van der Waals surface area contributed by atoms with E-state index in [0.717, 1.165) is 0 Å². The van der Waals surface area contributed by atoms with Crippen molar-refractivity contribution >= 4 is 45.2 Å². The van der Waals surface area contributed by atoms with Crippen LogP contribution in [0.2, 0.25) is 0 Å². The number of carbonyl (C=O) groups excluding carboxylic acids is 2. The molecule has 4 aromatic rings. The Hall–Kier alpha value is -6.35. The molecular weight excluding hydrogens is 757 g/mol. The lowest BCUT2D eigenvalue weighted by Crippen LogP contribution is -2.20. The summed E-state index contributed by atoms with van der Waals surface area (Å²) in [7, 11) is 7.35. The molecule has 2 unspecified atom stereocenters. The van der Waals surface area contributed by atoms with Gasteiger partial charge >= 0.3 is 0 Å². The second-order valence-electron chi connectivity index (χ2n) is 12.3. The van der Waals surface area contributed by atoms with E-state index in [1.165, 1.54) is 82.9 Å². The lowest BCUT2D eigenvalue weighted by molar-refractivity contribution is -0.115. The van der Waals surface area contributed by atoms with Gasteiger partial charge in [0.25, 0.3) is 0 Å². The Labute approximate surface area is 333 Å². The van der Waals surface area contributed by atoms with Gasteiger partial charge in [0, 0.05) is 38.1 Å². The van der Waals surface area contributed by atoms with Crippen molar-refractivity contribution in [3.05, 3.63) is 95.1 Å². The summed E-state index contributed by atoms with van der Waals surface area (Å²) in [6, 6.07) is 16.0. The van der Waals surface area contributed by atoms with Crippen LogP contribution in [0.4, 0.5) is 11.4 Å². The molecule has 0 saturated heterocycles. The Morgan fingerprint density at radius 2 is 0.807 bits per heavy atom. The molecule has 0 spiro atoms. The molecule has 0 radical (unpaired) electrons. The van der Waals surface area contributed by atoms with Gasteiger partial charge < -0.3 is 48.5 Å². The van der Waals surface area contributed by atoms with Crippen molar-refractivity contribution in [3.8, 4) is 46.0 Å². The molecule has 14 nitrogen and oxygen atoms in total. The second kappa shape index (κ2) is 19.5. The summed E-state index contributed by atoms with van der Waals surface area (Å²) in [6.07, 6.45) is 6.20. The molecule has 0 aliphatic carbocycles. The molecule has 0 aromatic heterocycles. The average Bonchev–Trinajstić information content (AvgIpc) is 3.20. The van der Waals surface area contributed by atoms with Crippen molar-refractivity contribution in [1.29, 1.82) is 0 Å².